The highest BCUT2D eigenvalue weighted by molar-refractivity contribution is 5.87. The van der Waals surface area contributed by atoms with Crippen LogP contribution < -0.4 is 16.1 Å². The van der Waals surface area contributed by atoms with Crippen molar-refractivity contribution in [1.29, 1.82) is 0 Å². The Morgan fingerprint density at radius 2 is 2.00 bits per heavy atom. The molecule has 19 heavy (non-hydrogen) atoms. The van der Waals surface area contributed by atoms with Gasteiger partial charge in [0.25, 0.3) is 5.91 Å². The molecule has 0 bridgehead atoms. The van der Waals surface area contributed by atoms with E-state index in [1.54, 1.807) is 0 Å². The minimum atomic E-state index is -0.639. The largest absolute Gasteiger partial charge is 0.346 e. The van der Waals surface area contributed by atoms with Gasteiger partial charge in [0.15, 0.2) is 0 Å². The van der Waals surface area contributed by atoms with Gasteiger partial charge in [-0.1, -0.05) is 24.3 Å². The maximum atomic E-state index is 11.8. The molecule has 0 saturated heterocycles. The van der Waals surface area contributed by atoms with Gasteiger partial charge < -0.3 is 10.6 Å². The number of hydroxylamine groups is 1. The van der Waals surface area contributed by atoms with Gasteiger partial charge in [0, 0.05) is 6.54 Å². The fraction of sp³-hybridized carbons (Fsp3) is 0.333. The van der Waals surface area contributed by atoms with Crippen LogP contribution in [0.3, 0.4) is 0 Å². The first-order chi connectivity index (χ1) is 8.70. The third kappa shape index (κ3) is 3.92. The second-order valence-electron chi connectivity index (χ2n) is 4.16. The lowest BCUT2D eigenvalue weighted by Gasteiger charge is -2.25. The standard InChI is InChI=1S/C12H15N3O3.ClH/c16-11(15-18)7-14-12(17)10-5-8-3-1-2-4-9(8)6-13-10;/h1-4,10,13,18H,5-7H2,(H,14,17)(H,15,16);1H/t10-;/m0./s1. The molecule has 0 radical (unpaired) electrons. The number of benzene rings is 1. The van der Waals surface area contributed by atoms with Crippen molar-refractivity contribution in [2.24, 2.45) is 0 Å². The molecule has 2 rings (SSSR count). The average Bonchev–Trinajstić information content (AvgIpc) is 2.43. The molecule has 0 aromatic heterocycles. The van der Waals surface area contributed by atoms with Crippen LogP contribution >= 0.6 is 12.4 Å². The van der Waals surface area contributed by atoms with Gasteiger partial charge in [0.05, 0.1) is 12.6 Å². The zero-order valence-electron chi connectivity index (χ0n) is 10.2. The Hall–Kier alpha value is -1.63. The lowest BCUT2D eigenvalue weighted by Crippen LogP contribution is -2.49. The molecule has 0 saturated carbocycles. The minimum Gasteiger partial charge on any atom is -0.346 e. The molecular weight excluding hydrogens is 270 g/mol. The quantitative estimate of drug-likeness (QED) is 0.455. The highest BCUT2D eigenvalue weighted by Gasteiger charge is 2.23. The van der Waals surface area contributed by atoms with Crippen LogP contribution in [0.1, 0.15) is 11.1 Å². The molecule has 0 spiro atoms. The summed E-state index contributed by atoms with van der Waals surface area (Å²) >= 11 is 0. The van der Waals surface area contributed by atoms with E-state index >= 15 is 0 Å². The third-order valence-corrected chi connectivity index (χ3v) is 2.95. The average molecular weight is 286 g/mol. The summed E-state index contributed by atoms with van der Waals surface area (Å²) in [7, 11) is 0. The zero-order chi connectivity index (χ0) is 13.0. The van der Waals surface area contributed by atoms with Crippen molar-refractivity contribution in [3.63, 3.8) is 0 Å². The summed E-state index contributed by atoms with van der Waals surface area (Å²) in [4.78, 5) is 22.6. The van der Waals surface area contributed by atoms with Crippen LogP contribution in [0.5, 0.6) is 0 Å². The molecule has 2 amide bonds. The van der Waals surface area contributed by atoms with E-state index in [1.807, 2.05) is 24.3 Å². The van der Waals surface area contributed by atoms with Gasteiger partial charge in [-0.15, -0.1) is 12.4 Å². The predicted molar refractivity (Wildman–Crippen MR) is 71.0 cm³/mol. The van der Waals surface area contributed by atoms with Crippen LogP contribution in [0, 0.1) is 0 Å². The molecule has 104 valence electrons. The van der Waals surface area contributed by atoms with Gasteiger partial charge in [-0.2, -0.15) is 0 Å². The van der Waals surface area contributed by atoms with E-state index in [0.717, 1.165) is 5.56 Å². The second kappa shape index (κ2) is 7.08. The van der Waals surface area contributed by atoms with Crippen molar-refractivity contribution in [3.05, 3.63) is 35.4 Å². The minimum absolute atomic E-state index is 0. The molecule has 0 unspecified atom stereocenters. The lowest BCUT2D eigenvalue weighted by atomic mass is 9.95. The molecule has 1 atom stereocenters. The highest BCUT2D eigenvalue weighted by atomic mass is 35.5. The predicted octanol–water partition coefficient (Wildman–Crippen LogP) is -0.256. The van der Waals surface area contributed by atoms with Gasteiger partial charge in [-0.05, 0) is 17.5 Å². The number of nitrogens with one attached hydrogen (secondary N) is 3. The van der Waals surface area contributed by atoms with E-state index in [9.17, 15) is 9.59 Å². The van der Waals surface area contributed by atoms with E-state index < -0.39 is 5.91 Å². The number of carbonyl (C=O) groups is 2. The fourth-order valence-corrected chi connectivity index (χ4v) is 1.97. The Morgan fingerprint density at radius 1 is 1.32 bits per heavy atom. The maximum Gasteiger partial charge on any atom is 0.262 e. The van der Waals surface area contributed by atoms with Gasteiger partial charge in [-0.3, -0.25) is 14.8 Å². The molecule has 1 aromatic rings. The molecule has 0 fully saturated rings. The maximum absolute atomic E-state index is 11.8. The summed E-state index contributed by atoms with van der Waals surface area (Å²) in [6.07, 6.45) is 0.600. The van der Waals surface area contributed by atoms with Crippen LogP contribution in [0.25, 0.3) is 0 Å². The summed E-state index contributed by atoms with van der Waals surface area (Å²) in [6, 6.07) is 7.59. The molecule has 7 heteroatoms. The van der Waals surface area contributed by atoms with Crippen molar-refractivity contribution >= 4 is 24.2 Å². The van der Waals surface area contributed by atoms with E-state index in [-0.39, 0.29) is 30.9 Å². The fourth-order valence-electron chi connectivity index (χ4n) is 1.97. The summed E-state index contributed by atoms with van der Waals surface area (Å²) in [6.45, 7) is 0.412. The summed E-state index contributed by atoms with van der Waals surface area (Å²) in [5.74, 6) is -0.882. The Bertz CT molecular complexity index is 467. The van der Waals surface area contributed by atoms with Crippen LogP contribution in [0.2, 0.25) is 0 Å². The third-order valence-electron chi connectivity index (χ3n) is 2.95. The van der Waals surface area contributed by atoms with Crippen LogP contribution in [-0.4, -0.2) is 29.6 Å². The van der Waals surface area contributed by atoms with E-state index in [2.05, 4.69) is 10.6 Å². The monoisotopic (exact) mass is 285 g/mol. The molecule has 1 aliphatic rings. The van der Waals surface area contributed by atoms with Crippen molar-refractivity contribution in [2.45, 2.75) is 19.0 Å². The second-order valence-corrected chi connectivity index (χ2v) is 4.16. The Morgan fingerprint density at radius 3 is 2.68 bits per heavy atom. The highest BCUT2D eigenvalue weighted by Crippen LogP contribution is 2.16. The molecule has 1 aromatic carbocycles. The molecule has 1 aliphatic heterocycles. The Labute approximate surface area is 116 Å². The van der Waals surface area contributed by atoms with Crippen molar-refractivity contribution in [1.82, 2.24) is 16.1 Å². The van der Waals surface area contributed by atoms with Crippen LogP contribution in [0.4, 0.5) is 0 Å². The first-order valence-corrected chi connectivity index (χ1v) is 5.71. The van der Waals surface area contributed by atoms with E-state index in [1.165, 1.54) is 11.0 Å². The molecule has 4 N–H and O–H groups in total. The molecule has 0 aliphatic carbocycles. The van der Waals surface area contributed by atoms with Crippen molar-refractivity contribution < 1.29 is 14.8 Å². The summed E-state index contributed by atoms with van der Waals surface area (Å²) < 4.78 is 0. The van der Waals surface area contributed by atoms with Gasteiger partial charge in [0.2, 0.25) is 5.91 Å². The Kier molecular flexibility index (Phi) is 5.75. The number of fused-ring (bicyclic) bond motifs is 1. The van der Waals surface area contributed by atoms with Crippen LogP contribution in [-0.2, 0) is 22.6 Å². The number of hydrogen-bond donors (Lipinski definition) is 4. The van der Waals surface area contributed by atoms with E-state index in [0.29, 0.717) is 13.0 Å². The normalized spacial score (nSPS) is 16.8. The summed E-state index contributed by atoms with van der Waals surface area (Å²) in [5, 5.41) is 13.9. The smallest absolute Gasteiger partial charge is 0.262 e. The van der Waals surface area contributed by atoms with Crippen LogP contribution in [0.15, 0.2) is 24.3 Å². The van der Waals surface area contributed by atoms with Gasteiger partial charge in [0.1, 0.15) is 0 Å². The zero-order valence-corrected chi connectivity index (χ0v) is 11.0. The van der Waals surface area contributed by atoms with Gasteiger partial charge >= 0.3 is 0 Å². The van der Waals surface area contributed by atoms with E-state index in [4.69, 9.17) is 5.21 Å². The lowest BCUT2D eigenvalue weighted by molar-refractivity contribution is -0.131. The van der Waals surface area contributed by atoms with Crippen molar-refractivity contribution in [2.75, 3.05) is 6.54 Å². The number of rotatable bonds is 3. The number of carbonyl (C=O) groups excluding carboxylic acids is 2. The number of amides is 2. The molecule has 6 nitrogen and oxygen atoms in total. The Balaban J connectivity index is 0.00000180. The molecule has 1 heterocycles. The number of hydrogen-bond acceptors (Lipinski definition) is 4. The van der Waals surface area contributed by atoms with Gasteiger partial charge in [-0.25, -0.2) is 5.48 Å². The molecular formula is C12H16ClN3O3. The first-order valence-electron chi connectivity index (χ1n) is 5.71. The number of halogens is 1. The topological polar surface area (TPSA) is 90.5 Å². The first kappa shape index (κ1) is 15.4. The summed E-state index contributed by atoms with van der Waals surface area (Å²) in [5.41, 5.74) is 3.80. The SMILES string of the molecule is Cl.O=C(CNC(=O)[C@@H]1Cc2ccccc2CN1)NO. The van der Waals surface area contributed by atoms with Crippen molar-refractivity contribution in [3.8, 4) is 0 Å².